The number of halogens is 1. The zero-order chi connectivity index (χ0) is 14.1. The van der Waals surface area contributed by atoms with Gasteiger partial charge in [0.15, 0.2) is 5.65 Å². The van der Waals surface area contributed by atoms with Gasteiger partial charge in [0, 0.05) is 11.8 Å². The Morgan fingerprint density at radius 2 is 2.10 bits per heavy atom. The fourth-order valence-electron chi connectivity index (χ4n) is 1.62. The van der Waals surface area contributed by atoms with Gasteiger partial charge in [0.2, 0.25) is 0 Å². The average Bonchev–Trinajstić information content (AvgIpc) is 2.90. The van der Waals surface area contributed by atoms with Gasteiger partial charge >= 0.3 is 0 Å². The minimum absolute atomic E-state index is 0.103. The van der Waals surface area contributed by atoms with Crippen LogP contribution < -0.4 is 5.73 Å². The lowest BCUT2D eigenvalue weighted by atomic mass is 10.2. The Labute approximate surface area is 122 Å². The predicted octanol–water partition coefficient (Wildman–Crippen LogP) is 1.84. The number of pyridine rings is 1. The summed E-state index contributed by atoms with van der Waals surface area (Å²) in [5, 5.41) is 8.98. The largest absolute Gasteiger partial charge is 0.384 e. The van der Waals surface area contributed by atoms with Crippen molar-refractivity contribution in [2.75, 3.05) is 0 Å². The third-order valence-corrected chi connectivity index (χ3v) is 4.03. The van der Waals surface area contributed by atoms with E-state index in [-0.39, 0.29) is 5.84 Å². The number of rotatable bonds is 3. The molecule has 9 heteroatoms. The van der Waals surface area contributed by atoms with Crippen LogP contribution in [-0.4, -0.2) is 30.8 Å². The van der Waals surface area contributed by atoms with Crippen molar-refractivity contribution in [1.82, 2.24) is 24.9 Å². The predicted molar refractivity (Wildman–Crippen MR) is 76.1 cm³/mol. The Kier molecular flexibility index (Phi) is 3.25. The van der Waals surface area contributed by atoms with Gasteiger partial charge in [-0.15, -0.1) is 0 Å². The van der Waals surface area contributed by atoms with E-state index in [2.05, 4.69) is 24.9 Å². The number of nitrogens with two attached hydrogens (primary N) is 1. The molecule has 100 valence electrons. The molecule has 7 nitrogen and oxygen atoms in total. The summed E-state index contributed by atoms with van der Waals surface area (Å²) in [6, 6.07) is 1.60. The summed E-state index contributed by atoms with van der Waals surface area (Å²) in [5.74, 6) is -0.103. The highest BCUT2D eigenvalue weighted by atomic mass is 35.5. The van der Waals surface area contributed by atoms with Crippen molar-refractivity contribution in [2.45, 2.75) is 10.1 Å². The van der Waals surface area contributed by atoms with Crippen molar-refractivity contribution in [3.8, 4) is 0 Å². The van der Waals surface area contributed by atoms with Crippen molar-refractivity contribution in [3.05, 3.63) is 35.5 Å². The van der Waals surface area contributed by atoms with Gasteiger partial charge in [-0.3, -0.25) is 5.41 Å². The Morgan fingerprint density at radius 1 is 1.25 bits per heavy atom. The Morgan fingerprint density at radius 3 is 2.90 bits per heavy atom. The molecular weight excluding hydrogens is 298 g/mol. The number of nitrogen functional groups attached to an aromatic ring is 1. The number of H-pyrrole nitrogens is 1. The van der Waals surface area contributed by atoms with Gasteiger partial charge in [-0.25, -0.2) is 19.9 Å². The molecule has 3 aromatic rings. The molecule has 0 amide bonds. The first kappa shape index (κ1) is 12.8. The second kappa shape index (κ2) is 5.06. The van der Waals surface area contributed by atoms with Crippen molar-refractivity contribution >= 4 is 40.4 Å². The molecule has 0 spiro atoms. The number of imidazole rings is 1. The third-order valence-electron chi connectivity index (χ3n) is 2.53. The van der Waals surface area contributed by atoms with Crippen LogP contribution in [0.2, 0.25) is 5.02 Å². The van der Waals surface area contributed by atoms with Crippen LogP contribution in [0.4, 0.5) is 0 Å². The molecule has 3 aromatic heterocycles. The molecular formula is C11H8ClN7S. The molecule has 0 unspecified atom stereocenters. The highest BCUT2D eigenvalue weighted by Crippen LogP contribution is 2.34. The van der Waals surface area contributed by atoms with Crippen molar-refractivity contribution < 1.29 is 0 Å². The molecule has 3 heterocycles. The van der Waals surface area contributed by atoms with Gasteiger partial charge in [0.1, 0.15) is 27.7 Å². The molecule has 4 N–H and O–H groups in total. The van der Waals surface area contributed by atoms with E-state index < -0.39 is 0 Å². The summed E-state index contributed by atoms with van der Waals surface area (Å²) in [5.41, 5.74) is 7.20. The zero-order valence-corrected chi connectivity index (χ0v) is 11.5. The molecule has 3 rings (SSSR count). The topological polar surface area (TPSA) is 117 Å². The number of hydrogen-bond donors (Lipinski definition) is 3. The summed E-state index contributed by atoms with van der Waals surface area (Å²) in [6.07, 6.45) is 4.52. The Hall–Kier alpha value is -2.19. The van der Waals surface area contributed by atoms with Crippen LogP contribution in [0.1, 0.15) is 5.56 Å². The van der Waals surface area contributed by atoms with Gasteiger partial charge < -0.3 is 10.7 Å². The summed E-state index contributed by atoms with van der Waals surface area (Å²) in [7, 11) is 0. The Balaban J connectivity index is 2.05. The van der Waals surface area contributed by atoms with Gasteiger partial charge in [0.25, 0.3) is 0 Å². The number of nitrogens with one attached hydrogen (secondary N) is 2. The number of amidine groups is 1. The molecule has 0 fully saturated rings. The van der Waals surface area contributed by atoms with E-state index in [1.807, 2.05) is 0 Å². The smallest absolute Gasteiger partial charge is 0.181 e. The number of nitrogens with zero attached hydrogens (tertiary/aromatic N) is 4. The zero-order valence-electron chi connectivity index (χ0n) is 9.96. The van der Waals surface area contributed by atoms with Gasteiger partial charge in [-0.2, -0.15) is 0 Å². The summed E-state index contributed by atoms with van der Waals surface area (Å²) in [6.45, 7) is 0. The van der Waals surface area contributed by atoms with Crippen LogP contribution in [0.3, 0.4) is 0 Å². The number of hydrogen-bond acceptors (Lipinski definition) is 6. The van der Waals surface area contributed by atoms with Crippen molar-refractivity contribution in [1.29, 1.82) is 5.41 Å². The lowest BCUT2D eigenvalue weighted by Crippen LogP contribution is -2.12. The first-order chi connectivity index (χ1) is 9.66. The van der Waals surface area contributed by atoms with Gasteiger partial charge in [-0.05, 0) is 17.8 Å². The van der Waals surface area contributed by atoms with Crippen LogP contribution in [0, 0.1) is 5.41 Å². The monoisotopic (exact) mass is 305 g/mol. The maximum Gasteiger partial charge on any atom is 0.181 e. The highest BCUT2D eigenvalue weighted by Gasteiger charge is 2.14. The van der Waals surface area contributed by atoms with Crippen LogP contribution in [0.25, 0.3) is 11.2 Å². The molecule has 20 heavy (non-hydrogen) atoms. The van der Waals surface area contributed by atoms with E-state index in [1.165, 1.54) is 18.1 Å². The van der Waals surface area contributed by atoms with E-state index >= 15 is 0 Å². The van der Waals surface area contributed by atoms with Crippen LogP contribution in [-0.2, 0) is 0 Å². The summed E-state index contributed by atoms with van der Waals surface area (Å²) < 4.78 is 0. The van der Waals surface area contributed by atoms with E-state index in [0.717, 1.165) is 0 Å². The third kappa shape index (κ3) is 2.19. The number of aromatic amines is 1. The second-order valence-corrected chi connectivity index (χ2v) is 5.13. The quantitative estimate of drug-likeness (QED) is 0.386. The van der Waals surface area contributed by atoms with E-state index in [1.54, 1.807) is 18.6 Å². The average molecular weight is 306 g/mol. The molecule has 0 aliphatic rings. The van der Waals surface area contributed by atoms with Crippen LogP contribution in [0.15, 0.2) is 35.0 Å². The Bertz CT molecular complexity index is 800. The molecule has 0 bridgehead atoms. The number of fused-ring (bicyclic) bond motifs is 1. The minimum Gasteiger partial charge on any atom is -0.384 e. The first-order valence-electron chi connectivity index (χ1n) is 5.47. The molecule has 0 aromatic carbocycles. The molecule has 0 saturated carbocycles. The van der Waals surface area contributed by atoms with E-state index in [4.69, 9.17) is 22.7 Å². The first-order valence-corrected chi connectivity index (χ1v) is 6.67. The standard InChI is InChI=1S/C11H8ClN7S/c12-6-5(8(13)14)1-2-15-10(6)20-11-7-9(17-3-16-7)18-4-19-11/h1-4H,(H3,13,14)(H,16,17,18,19). The number of aromatic nitrogens is 5. The van der Waals surface area contributed by atoms with Gasteiger partial charge in [-0.1, -0.05) is 11.6 Å². The molecule has 0 saturated heterocycles. The summed E-state index contributed by atoms with van der Waals surface area (Å²) >= 11 is 7.47. The maximum atomic E-state index is 7.47. The SMILES string of the molecule is N=C(N)c1ccnc(Sc2ncnc3nc[nH]c23)c1Cl. The molecule has 0 radical (unpaired) electrons. The minimum atomic E-state index is -0.103. The maximum absolute atomic E-state index is 7.47. The fourth-order valence-corrected chi connectivity index (χ4v) is 2.79. The highest BCUT2D eigenvalue weighted by molar-refractivity contribution is 7.99. The second-order valence-electron chi connectivity index (χ2n) is 3.77. The van der Waals surface area contributed by atoms with Crippen LogP contribution in [0.5, 0.6) is 0 Å². The fraction of sp³-hybridized carbons (Fsp3) is 0. The lowest BCUT2D eigenvalue weighted by Gasteiger charge is -2.06. The van der Waals surface area contributed by atoms with Crippen molar-refractivity contribution in [2.24, 2.45) is 5.73 Å². The molecule has 0 aliphatic heterocycles. The van der Waals surface area contributed by atoms with Crippen molar-refractivity contribution in [3.63, 3.8) is 0 Å². The van der Waals surface area contributed by atoms with Gasteiger partial charge in [0.05, 0.1) is 11.3 Å². The molecule has 0 aliphatic carbocycles. The molecule has 0 atom stereocenters. The normalized spacial score (nSPS) is 10.8. The van der Waals surface area contributed by atoms with Crippen LogP contribution >= 0.6 is 23.4 Å². The summed E-state index contributed by atoms with van der Waals surface area (Å²) in [4.78, 5) is 19.4. The van der Waals surface area contributed by atoms with E-state index in [9.17, 15) is 0 Å². The van der Waals surface area contributed by atoms with E-state index in [0.29, 0.717) is 31.8 Å². The lowest BCUT2D eigenvalue weighted by molar-refractivity contribution is 1.07.